The second-order valence-corrected chi connectivity index (χ2v) is 9.66. The number of sulfonamides is 1. The lowest BCUT2D eigenvalue weighted by Crippen LogP contribution is -2.28. The molecule has 2 aromatic carbocycles. The zero-order chi connectivity index (χ0) is 19.8. The molecule has 1 aromatic heterocycles. The van der Waals surface area contributed by atoms with Crippen LogP contribution in [-0.2, 0) is 10.0 Å². The summed E-state index contributed by atoms with van der Waals surface area (Å²) in [6.07, 6.45) is 0.640. The van der Waals surface area contributed by atoms with Gasteiger partial charge in [0, 0.05) is 12.1 Å². The summed E-state index contributed by atoms with van der Waals surface area (Å²) in [5.41, 5.74) is 2.83. The second kappa shape index (κ2) is 7.58. The van der Waals surface area contributed by atoms with Gasteiger partial charge in [-0.15, -0.1) is 0 Å². The zero-order valence-corrected chi connectivity index (χ0v) is 17.5. The van der Waals surface area contributed by atoms with E-state index < -0.39 is 10.0 Å². The van der Waals surface area contributed by atoms with E-state index in [1.807, 2.05) is 52.0 Å². The predicted molar refractivity (Wildman–Crippen MR) is 111 cm³/mol. The molecule has 3 rings (SSSR count). The number of rotatable bonds is 6. The van der Waals surface area contributed by atoms with Crippen molar-refractivity contribution in [2.45, 2.75) is 51.1 Å². The summed E-state index contributed by atoms with van der Waals surface area (Å²) < 4.78 is 31.0. The number of nitrogens with one attached hydrogen (secondary N) is 1. The lowest BCUT2D eigenvalue weighted by molar-refractivity contribution is 0.550. The lowest BCUT2D eigenvalue weighted by Gasteiger charge is -2.18. The van der Waals surface area contributed by atoms with Crippen LogP contribution in [0.2, 0.25) is 0 Å². The van der Waals surface area contributed by atoms with E-state index in [2.05, 4.69) is 4.72 Å². The van der Waals surface area contributed by atoms with E-state index in [1.54, 1.807) is 22.8 Å². The molecule has 0 bridgehead atoms. The minimum absolute atomic E-state index is 0.0258. The first kappa shape index (κ1) is 19.8. The van der Waals surface area contributed by atoms with Gasteiger partial charge in [0.25, 0.3) is 0 Å². The first-order chi connectivity index (χ1) is 12.7. The van der Waals surface area contributed by atoms with E-state index in [-0.39, 0.29) is 21.9 Å². The molecule has 5 nitrogen and oxygen atoms in total. The Balaban J connectivity index is 1.96. The third-order valence-corrected chi connectivity index (χ3v) is 6.98. The molecule has 27 heavy (non-hydrogen) atoms. The van der Waals surface area contributed by atoms with E-state index in [4.69, 9.17) is 0 Å². The number of aromatic nitrogens is 1. The third-order valence-electron chi connectivity index (χ3n) is 4.60. The van der Waals surface area contributed by atoms with Crippen LogP contribution in [0.4, 0.5) is 0 Å². The molecule has 0 radical (unpaired) electrons. The van der Waals surface area contributed by atoms with Crippen molar-refractivity contribution in [1.82, 2.24) is 9.29 Å². The third kappa shape index (κ3) is 4.00. The molecule has 0 fully saturated rings. The van der Waals surface area contributed by atoms with Gasteiger partial charge in [0.1, 0.15) is 0 Å². The Kier molecular flexibility index (Phi) is 5.55. The van der Waals surface area contributed by atoms with Crippen LogP contribution in [0.25, 0.3) is 10.2 Å². The molecule has 144 valence electrons. The quantitative estimate of drug-likeness (QED) is 0.663. The molecule has 0 spiro atoms. The Labute approximate surface area is 163 Å². The number of benzene rings is 2. The van der Waals surface area contributed by atoms with Crippen LogP contribution in [0.3, 0.4) is 0 Å². The first-order valence-corrected chi connectivity index (χ1v) is 11.3. The van der Waals surface area contributed by atoms with Crippen molar-refractivity contribution >= 4 is 31.6 Å². The molecule has 0 aliphatic heterocycles. The standard InChI is InChI=1S/C20H24N2O3S2/c1-5-17(15-8-6-14(4)7-9-15)21-27(24,25)16-10-11-18-19(12-16)26-20(23)22(18)13(2)3/h6-13,17,21H,5H2,1-4H3/t17-/m1/s1. The van der Waals surface area contributed by atoms with E-state index in [0.29, 0.717) is 11.1 Å². The highest BCUT2D eigenvalue weighted by Crippen LogP contribution is 2.26. The first-order valence-electron chi connectivity index (χ1n) is 8.97. The summed E-state index contributed by atoms with van der Waals surface area (Å²) in [7, 11) is -3.70. The van der Waals surface area contributed by atoms with Crippen LogP contribution in [0, 0.1) is 6.92 Å². The fourth-order valence-electron chi connectivity index (χ4n) is 3.11. The van der Waals surface area contributed by atoms with Crippen molar-refractivity contribution in [3.63, 3.8) is 0 Å². The second-order valence-electron chi connectivity index (χ2n) is 6.95. The van der Waals surface area contributed by atoms with Gasteiger partial charge in [-0.1, -0.05) is 48.1 Å². The van der Waals surface area contributed by atoms with Gasteiger partial charge in [0.15, 0.2) is 0 Å². The Morgan fingerprint density at radius 1 is 1.11 bits per heavy atom. The maximum absolute atomic E-state index is 12.9. The van der Waals surface area contributed by atoms with Crippen molar-refractivity contribution < 1.29 is 8.42 Å². The van der Waals surface area contributed by atoms with Gasteiger partial charge in [-0.05, 0) is 51.0 Å². The summed E-state index contributed by atoms with van der Waals surface area (Å²) >= 11 is 1.08. The zero-order valence-electron chi connectivity index (χ0n) is 15.9. The molecule has 3 aromatic rings. The molecule has 1 atom stereocenters. The van der Waals surface area contributed by atoms with Gasteiger partial charge in [0.05, 0.1) is 15.1 Å². The number of fused-ring (bicyclic) bond motifs is 1. The fraction of sp³-hybridized carbons (Fsp3) is 0.350. The van der Waals surface area contributed by atoms with E-state index >= 15 is 0 Å². The fourth-order valence-corrected chi connectivity index (χ4v) is 5.57. The molecule has 0 unspecified atom stereocenters. The minimum Gasteiger partial charge on any atom is -0.296 e. The average Bonchev–Trinajstić information content (AvgIpc) is 2.95. The van der Waals surface area contributed by atoms with Crippen LogP contribution >= 0.6 is 11.3 Å². The lowest BCUT2D eigenvalue weighted by atomic mass is 10.0. The normalized spacial score (nSPS) is 13.4. The molecule has 1 N–H and O–H groups in total. The largest absolute Gasteiger partial charge is 0.308 e. The van der Waals surface area contributed by atoms with Crippen molar-refractivity contribution in [1.29, 1.82) is 0 Å². The van der Waals surface area contributed by atoms with Gasteiger partial charge in [-0.3, -0.25) is 9.36 Å². The van der Waals surface area contributed by atoms with Crippen molar-refractivity contribution in [2.75, 3.05) is 0 Å². The summed E-state index contributed by atoms with van der Waals surface area (Å²) in [5.74, 6) is 0. The van der Waals surface area contributed by atoms with Crippen LogP contribution in [0.5, 0.6) is 0 Å². The van der Waals surface area contributed by atoms with Crippen LogP contribution in [0.1, 0.15) is 50.4 Å². The van der Waals surface area contributed by atoms with Gasteiger partial charge < -0.3 is 0 Å². The molecule has 7 heteroatoms. The summed E-state index contributed by atoms with van der Waals surface area (Å²) in [6.45, 7) is 7.82. The van der Waals surface area contributed by atoms with Crippen molar-refractivity contribution in [3.8, 4) is 0 Å². The van der Waals surface area contributed by atoms with E-state index in [9.17, 15) is 13.2 Å². The average molecular weight is 405 g/mol. The highest BCUT2D eigenvalue weighted by Gasteiger charge is 2.22. The van der Waals surface area contributed by atoms with Crippen LogP contribution < -0.4 is 9.60 Å². The molecular weight excluding hydrogens is 380 g/mol. The summed E-state index contributed by atoms with van der Waals surface area (Å²) in [5, 5.41) is 0. The predicted octanol–water partition coefficient (Wildman–Crippen LogP) is 4.38. The molecule has 0 amide bonds. The topological polar surface area (TPSA) is 68.2 Å². The number of aryl methyl sites for hydroxylation is 1. The molecule has 0 aliphatic carbocycles. The van der Waals surface area contributed by atoms with E-state index in [1.165, 1.54) is 0 Å². The molecule has 0 saturated heterocycles. The Hall–Kier alpha value is -1.96. The van der Waals surface area contributed by atoms with Crippen molar-refractivity contribution in [3.05, 3.63) is 63.3 Å². The maximum Gasteiger partial charge on any atom is 0.308 e. The van der Waals surface area contributed by atoms with Gasteiger partial charge >= 0.3 is 4.87 Å². The van der Waals surface area contributed by atoms with Crippen LogP contribution in [0.15, 0.2) is 52.2 Å². The molecule has 0 aliphatic rings. The van der Waals surface area contributed by atoms with Gasteiger partial charge in [0.2, 0.25) is 10.0 Å². The maximum atomic E-state index is 12.9. The summed E-state index contributed by atoms with van der Waals surface area (Å²) in [6, 6.07) is 12.4. The van der Waals surface area contributed by atoms with Crippen molar-refractivity contribution in [2.24, 2.45) is 0 Å². The Morgan fingerprint density at radius 2 is 1.78 bits per heavy atom. The van der Waals surface area contributed by atoms with E-state index in [0.717, 1.165) is 28.0 Å². The highest BCUT2D eigenvalue weighted by atomic mass is 32.2. The highest BCUT2D eigenvalue weighted by molar-refractivity contribution is 7.89. The summed E-state index contributed by atoms with van der Waals surface area (Å²) in [4.78, 5) is 12.3. The molecule has 1 heterocycles. The molecule has 0 saturated carbocycles. The SMILES string of the molecule is CC[C@@H](NS(=O)(=O)c1ccc2c(c1)sc(=O)n2C(C)C)c1ccc(C)cc1. The van der Waals surface area contributed by atoms with Crippen LogP contribution in [-0.4, -0.2) is 13.0 Å². The minimum atomic E-state index is -3.70. The number of hydrogen-bond acceptors (Lipinski definition) is 4. The van der Waals surface area contributed by atoms with Gasteiger partial charge in [-0.25, -0.2) is 13.1 Å². The number of hydrogen-bond donors (Lipinski definition) is 1. The number of nitrogens with zero attached hydrogens (tertiary/aromatic N) is 1. The Morgan fingerprint density at radius 3 is 2.37 bits per heavy atom. The molecular formula is C20H24N2O3S2. The monoisotopic (exact) mass is 404 g/mol. The van der Waals surface area contributed by atoms with Gasteiger partial charge in [-0.2, -0.15) is 0 Å². The number of thiazole rings is 1. The smallest absolute Gasteiger partial charge is 0.296 e. The Bertz CT molecular complexity index is 1110.